The van der Waals surface area contributed by atoms with E-state index in [1.807, 2.05) is 0 Å². The normalized spacial score (nSPS) is 26.3. The fourth-order valence-corrected chi connectivity index (χ4v) is 6.76. The SMILES string of the molecule is CCCCCCCC1CCC(C2CCC(CCc3ccc(CCCCC)cc3)CC2)CC1. The maximum Gasteiger partial charge on any atom is -0.0276 e. The van der Waals surface area contributed by atoms with Crippen LogP contribution in [-0.4, -0.2) is 0 Å². The first-order valence-corrected chi connectivity index (χ1v) is 14.9. The van der Waals surface area contributed by atoms with Gasteiger partial charge in [-0.05, 0) is 86.2 Å². The topological polar surface area (TPSA) is 0 Å². The number of hydrogen-bond donors (Lipinski definition) is 0. The van der Waals surface area contributed by atoms with Crippen LogP contribution in [0.2, 0.25) is 0 Å². The van der Waals surface area contributed by atoms with Crippen molar-refractivity contribution in [2.75, 3.05) is 0 Å². The lowest BCUT2D eigenvalue weighted by atomic mass is 9.68. The standard InChI is InChI=1S/C32H54/c1-3-5-7-8-10-12-28-19-23-31(24-20-28)32-25-21-30(22-26-32)18-17-29-15-13-27(14-16-29)11-9-6-4-2/h13-16,28,30-32H,3-12,17-26H2,1-2H3. The lowest BCUT2D eigenvalue weighted by Crippen LogP contribution is -2.26. The molecule has 0 heterocycles. The zero-order valence-corrected chi connectivity index (χ0v) is 21.8. The van der Waals surface area contributed by atoms with Gasteiger partial charge in [0.05, 0.1) is 0 Å². The third-order valence-corrected chi connectivity index (χ3v) is 9.10. The van der Waals surface area contributed by atoms with Crippen LogP contribution in [0.4, 0.5) is 0 Å². The molecule has 0 bridgehead atoms. The van der Waals surface area contributed by atoms with Crippen molar-refractivity contribution in [3.8, 4) is 0 Å². The van der Waals surface area contributed by atoms with E-state index in [1.165, 1.54) is 108 Å². The van der Waals surface area contributed by atoms with Gasteiger partial charge in [-0.3, -0.25) is 0 Å². The Balaban J connectivity index is 1.26. The highest BCUT2D eigenvalue weighted by Crippen LogP contribution is 2.43. The van der Waals surface area contributed by atoms with Gasteiger partial charge in [0.1, 0.15) is 0 Å². The molecule has 0 unspecified atom stereocenters. The molecule has 0 atom stereocenters. The lowest BCUT2D eigenvalue weighted by molar-refractivity contribution is 0.140. The van der Waals surface area contributed by atoms with Crippen molar-refractivity contribution in [1.29, 1.82) is 0 Å². The Morgan fingerprint density at radius 1 is 0.500 bits per heavy atom. The monoisotopic (exact) mass is 438 g/mol. The molecule has 0 aliphatic heterocycles. The van der Waals surface area contributed by atoms with E-state index in [0.717, 1.165) is 23.7 Å². The molecule has 0 saturated heterocycles. The predicted octanol–water partition coefficient (Wildman–Crippen LogP) is 10.3. The Morgan fingerprint density at radius 2 is 0.969 bits per heavy atom. The molecule has 182 valence electrons. The second-order valence-electron chi connectivity index (χ2n) is 11.6. The van der Waals surface area contributed by atoms with Crippen molar-refractivity contribution >= 4 is 0 Å². The summed E-state index contributed by atoms with van der Waals surface area (Å²) >= 11 is 0. The van der Waals surface area contributed by atoms with Gasteiger partial charge < -0.3 is 0 Å². The summed E-state index contributed by atoms with van der Waals surface area (Å²) in [5, 5.41) is 0. The van der Waals surface area contributed by atoms with Crippen LogP contribution in [0.15, 0.2) is 24.3 Å². The molecule has 2 saturated carbocycles. The van der Waals surface area contributed by atoms with Gasteiger partial charge in [-0.25, -0.2) is 0 Å². The summed E-state index contributed by atoms with van der Waals surface area (Å²) in [7, 11) is 0. The molecule has 0 amide bonds. The lowest BCUT2D eigenvalue weighted by Gasteiger charge is -2.38. The zero-order valence-electron chi connectivity index (χ0n) is 21.8. The average molecular weight is 439 g/mol. The number of rotatable bonds is 14. The number of benzene rings is 1. The third kappa shape index (κ3) is 9.23. The van der Waals surface area contributed by atoms with Gasteiger partial charge in [0.2, 0.25) is 0 Å². The van der Waals surface area contributed by atoms with Crippen molar-refractivity contribution < 1.29 is 0 Å². The van der Waals surface area contributed by atoms with Crippen molar-refractivity contribution in [2.24, 2.45) is 23.7 Å². The van der Waals surface area contributed by atoms with Crippen LogP contribution in [0.3, 0.4) is 0 Å². The molecule has 32 heavy (non-hydrogen) atoms. The summed E-state index contributed by atoms with van der Waals surface area (Å²) in [4.78, 5) is 0. The minimum Gasteiger partial charge on any atom is -0.0654 e. The van der Waals surface area contributed by atoms with Crippen molar-refractivity contribution in [3.05, 3.63) is 35.4 Å². The molecule has 1 aromatic rings. The second-order valence-corrected chi connectivity index (χ2v) is 11.6. The second kappa shape index (κ2) is 15.2. The molecule has 3 rings (SSSR count). The first-order valence-electron chi connectivity index (χ1n) is 14.9. The van der Waals surface area contributed by atoms with Crippen LogP contribution in [0.5, 0.6) is 0 Å². The molecule has 0 N–H and O–H groups in total. The minimum absolute atomic E-state index is 0.995. The summed E-state index contributed by atoms with van der Waals surface area (Å²) in [5.74, 6) is 4.21. The fraction of sp³-hybridized carbons (Fsp3) is 0.812. The van der Waals surface area contributed by atoms with Gasteiger partial charge in [-0.1, -0.05) is 115 Å². The molecule has 0 radical (unpaired) electrons. The Kier molecular flexibility index (Phi) is 12.3. The molecule has 2 aliphatic rings. The largest absolute Gasteiger partial charge is 0.0654 e. The first kappa shape index (κ1) is 25.8. The highest BCUT2D eigenvalue weighted by atomic mass is 14.4. The van der Waals surface area contributed by atoms with Crippen LogP contribution < -0.4 is 0 Å². The number of hydrogen-bond acceptors (Lipinski definition) is 0. The number of unbranched alkanes of at least 4 members (excludes halogenated alkanes) is 6. The summed E-state index contributed by atoms with van der Waals surface area (Å²) < 4.78 is 0. The first-order chi connectivity index (χ1) is 15.8. The Labute approximate surface area is 201 Å². The van der Waals surface area contributed by atoms with Gasteiger partial charge in [0.15, 0.2) is 0 Å². The number of aryl methyl sites for hydroxylation is 2. The molecule has 0 spiro atoms. The molecule has 0 heteroatoms. The quantitative estimate of drug-likeness (QED) is 0.253. The molecule has 2 fully saturated rings. The molecular formula is C32H54. The summed E-state index contributed by atoms with van der Waals surface area (Å²) in [5.41, 5.74) is 3.10. The summed E-state index contributed by atoms with van der Waals surface area (Å²) in [6.45, 7) is 4.61. The van der Waals surface area contributed by atoms with Crippen LogP contribution in [0.25, 0.3) is 0 Å². The van der Waals surface area contributed by atoms with Gasteiger partial charge >= 0.3 is 0 Å². The Bertz CT molecular complexity index is 569. The van der Waals surface area contributed by atoms with E-state index in [1.54, 1.807) is 31.2 Å². The smallest absolute Gasteiger partial charge is 0.0276 e. The Morgan fingerprint density at radius 3 is 1.53 bits per heavy atom. The molecule has 2 aliphatic carbocycles. The van der Waals surface area contributed by atoms with Crippen LogP contribution >= 0.6 is 0 Å². The van der Waals surface area contributed by atoms with Crippen LogP contribution in [-0.2, 0) is 12.8 Å². The zero-order chi connectivity index (χ0) is 22.4. The van der Waals surface area contributed by atoms with Crippen LogP contribution in [0, 0.1) is 23.7 Å². The van der Waals surface area contributed by atoms with E-state index in [9.17, 15) is 0 Å². The average Bonchev–Trinajstić information content (AvgIpc) is 2.84. The Hall–Kier alpha value is -0.780. The highest BCUT2D eigenvalue weighted by Gasteiger charge is 2.30. The van der Waals surface area contributed by atoms with Gasteiger partial charge in [0.25, 0.3) is 0 Å². The van der Waals surface area contributed by atoms with Crippen molar-refractivity contribution in [3.63, 3.8) is 0 Å². The van der Waals surface area contributed by atoms with E-state index in [0.29, 0.717) is 0 Å². The predicted molar refractivity (Wildman–Crippen MR) is 142 cm³/mol. The van der Waals surface area contributed by atoms with E-state index in [2.05, 4.69) is 38.1 Å². The highest BCUT2D eigenvalue weighted by molar-refractivity contribution is 5.22. The minimum atomic E-state index is 0.995. The van der Waals surface area contributed by atoms with Gasteiger partial charge in [-0.15, -0.1) is 0 Å². The van der Waals surface area contributed by atoms with Gasteiger partial charge in [-0.2, -0.15) is 0 Å². The molecule has 0 aromatic heterocycles. The summed E-state index contributed by atoms with van der Waals surface area (Å²) in [6, 6.07) is 9.61. The summed E-state index contributed by atoms with van der Waals surface area (Å²) in [6.07, 6.45) is 29.1. The fourth-order valence-electron chi connectivity index (χ4n) is 6.76. The van der Waals surface area contributed by atoms with E-state index >= 15 is 0 Å². The maximum absolute atomic E-state index is 2.41. The maximum atomic E-state index is 2.41. The van der Waals surface area contributed by atoms with Crippen LogP contribution in [0.1, 0.15) is 141 Å². The molecule has 1 aromatic carbocycles. The van der Waals surface area contributed by atoms with E-state index in [4.69, 9.17) is 0 Å². The third-order valence-electron chi connectivity index (χ3n) is 9.10. The van der Waals surface area contributed by atoms with E-state index < -0.39 is 0 Å². The van der Waals surface area contributed by atoms with Gasteiger partial charge in [0, 0.05) is 0 Å². The molecular weight excluding hydrogens is 384 g/mol. The van der Waals surface area contributed by atoms with E-state index in [-0.39, 0.29) is 0 Å². The molecule has 0 nitrogen and oxygen atoms in total. The van der Waals surface area contributed by atoms with Crippen molar-refractivity contribution in [1.82, 2.24) is 0 Å². The van der Waals surface area contributed by atoms with Crippen molar-refractivity contribution in [2.45, 2.75) is 142 Å².